The average molecular weight is 253 g/mol. The van der Waals surface area contributed by atoms with Crippen molar-refractivity contribution in [2.45, 2.75) is 25.8 Å². The van der Waals surface area contributed by atoms with Crippen molar-refractivity contribution in [1.82, 2.24) is 5.32 Å². The molecule has 0 saturated heterocycles. The molecule has 0 saturated carbocycles. The molecule has 1 rings (SSSR count). The van der Waals surface area contributed by atoms with Gasteiger partial charge in [0.05, 0.1) is 13.7 Å². The summed E-state index contributed by atoms with van der Waals surface area (Å²) in [6, 6.07) is 7.57. The van der Waals surface area contributed by atoms with E-state index in [0.717, 1.165) is 17.9 Å². The van der Waals surface area contributed by atoms with Crippen molar-refractivity contribution in [3.8, 4) is 11.5 Å². The van der Waals surface area contributed by atoms with Crippen LogP contribution in [0.5, 0.6) is 11.5 Å². The van der Waals surface area contributed by atoms with Gasteiger partial charge in [0.2, 0.25) is 0 Å². The lowest BCUT2D eigenvalue weighted by molar-refractivity contribution is 0.162. The third-order valence-corrected chi connectivity index (χ3v) is 3.11. The van der Waals surface area contributed by atoms with E-state index in [2.05, 4.69) is 5.32 Å². The molecular formula is C14H23NO3. The van der Waals surface area contributed by atoms with E-state index in [4.69, 9.17) is 9.47 Å². The maximum absolute atomic E-state index is 9.26. The third kappa shape index (κ3) is 4.20. The fraction of sp³-hybridized carbons (Fsp3) is 0.571. The van der Waals surface area contributed by atoms with Gasteiger partial charge < -0.3 is 19.9 Å². The minimum Gasteiger partial charge on any atom is -0.493 e. The molecule has 18 heavy (non-hydrogen) atoms. The summed E-state index contributed by atoms with van der Waals surface area (Å²) in [6.45, 7) is 5.39. The van der Waals surface area contributed by atoms with Crippen molar-refractivity contribution in [2.75, 3.05) is 26.9 Å². The van der Waals surface area contributed by atoms with Crippen LogP contribution in [0.25, 0.3) is 0 Å². The number of nitrogens with one attached hydrogen (secondary N) is 1. The van der Waals surface area contributed by atoms with Crippen LogP contribution >= 0.6 is 0 Å². The van der Waals surface area contributed by atoms with Gasteiger partial charge in [-0.15, -0.1) is 0 Å². The summed E-state index contributed by atoms with van der Waals surface area (Å²) in [5, 5.41) is 12.5. The number of methoxy groups -OCH3 is 1. The van der Waals surface area contributed by atoms with E-state index in [-0.39, 0.29) is 12.1 Å². The number of ether oxygens (including phenoxy) is 2. The first-order valence-electron chi connectivity index (χ1n) is 6.27. The molecule has 4 heteroatoms. The van der Waals surface area contributed by atoms with E-state index in [0.29, 0.717) is 13.2 Å². The predicted octanol–water partition coefficient (Wildman–Crippen LogP) is 1.82. The summed E-state index contributed by atoms with van der Waals surface area (Å²) in [4.78, 5) is 0. The predicted molar refractivity (Wildman–Crippen MR) is 72.3 cm³/mol. The van der Waals surface area contributed by atoms with Crippen LogP contribution in [-0.2, 0) is 0 Å². The zero-order chi connectivity index (χ0) is 13.4. The maximum atomic E-state index is 9.26. The van der Waals surface area contributed by atoms with Gasteiger partial charge in [-0.05, 0) is 25.5 Å². The maximum Gasteiger partial charge on any atom is 0.161 e. The molecule has 0 aromatic heterocycles. The molecule has 0 amide bonds. The summed E-state index contributed by atoms with van der Waals surface area (Å²) in [6.07, 6.45) is 0.873. The Hall–Kier alpha value is -1.26. The van der Waals surface area contributed by atoms with Gasteiger partial charge in [-0.2, -0.15) is 0 Å². The van der Waals surface area contributed by atoms with E-state index in [9.17, 15) is 5.11 Å². The Kier molecular flexibility index (Phi) is 5.95. The highest BCUT2D eigenvalue weighted by molar-refractivity contribution is 5.39. The molecule has 0 spiro atoms. The molecule has 0 aliphatic carbocycles. The van der Waals surface area contributed by atoms with Gasteiger partial charge >= 0.3 is 0 Å². The van der Waals surface area contributed by atoms with E-state index in [1.165, 1.54) is 0 Å². The lowest BCUT2D eigenvalue weighted by Gasteiger charge is -2.27. The largest absolute Gasteiger partial charge is 0.493 e. The summed E-state index contributed by atoms with van der Waals surface area (Å²) in [5.41, 5.74) is -0.232. The summed E-state index contributed by atoms with van der Waals surface area (Å²) >= 11 is 0. The second-order valence-corrected chi connectivity index (χ2v) is 4.50. The van der Waals surface area contributed by atoms with E-state index >= 15 is 0 Å². The number of benzene rings is 1. The summed E-state index contributed by atoms with van der Waals surface area (Å²) < 4.78 is 10.8. The molecule has 0 heterocycles. The fourth-order valence-corrected chi connectivity index (χ4v) is 1.54. The molecule has 1 aromatic rings. The standard InChI is InChI=1S/C14H23NO3/c1-4-14(2,11-16)15-9-10-18-13-8-6-5-7-12(13)17-3/h5-8,15-16H,4,9-11H2,1-3H3. The van der Waals surface area contributed by atoms with Crippen LogP contribution in [0.2, 0.25) is 0 Å². The number of rotatable bonds is 8. The highest BCUT2D eigenvalue weighted by atomic mass is 16.5. The zero-order valence-electron chi connectivity index (χ0n) is 11.4. The van der Waals surface area contributed by atoms with E-state index < -0.39 is 0 Å². The van der Waals surface area contributed by atoms with Crippen LogP contribution in [0.4, 0.5) is 0 Å². The third-order valence-electron chi connectivity index (χ3n) is 3.11. The van der Waals surface area contributed by atoms with Gasteiger partial charge in [0, 0.05) is 12.1 Å². The molecule has 0 aliphatic rings. The molecule has 0 bridgehead atoms. The highest BCUT2D eigenvalue weighted by Crippen LogP contribution is 2.25. The van der Waals surface area contributed by atoms with Crippen LogP contribution in [0.1, 0.15) is 20.3 Å². The molecule has 0 fully saturated rings. The molecule has 4 nitrogen and oxygen atoms in total. The first kappa shape index (κ1) is 14.8. The number of para-hydroxylation sites is 2. The van der Waals surface area contributed by atoms with Gasteiger partial charge in [0.25, 0.3) is 0 Å². The molecule has 1 unspecified atom stereocenters. The molecule has 1 aromatic carbocycles. The Bertz CT molecular complexity index is 351. The molecule has 2 N–H and O–H groups in total. The first-order valence-corrected chi connectivity index (χ1v) is 6.27. The Morgan fingerprint density at radius 3 is 2.50 bits per heavy atom. The van der Waals surface area contributed by atoms with Crippen molar-refractivity contribution in [2.24, 2.45) is 0 Å². The number of hydrogen-bond acceptors (Lipinski definition) is 4. The van der Waals surface area contributed by atoms with E-state index in [1.54, 1.807) is 7.11 Å². The van der Waals surface area contributed by atoms with Crippen LogP contribution in [0.15, 0.2) is 24.3 Å². The van der Waals surface area contributed by atoms with Crippen molar-refractivity contribution in [3.63, 3.8) is 0 Å². The number of aliphatic hydroxyl groups excluding tert-OH is 1. The minimum atomic E-state index is -0.232. The Morgan fingerprint density at radius 2 is 1.94 bits per heavy atom. The molecule has 0 radical (unpaired) electrons. The topological polar surface area (TPSA) is 50.7 Å². The number of aliphatic hydroxyl groups is 1. The lowest BCUT2D eigenvalue weighted by Crippen LogP contribution is -2.46. The summed E-state index contributed by atoms with van der Waals surface area (Å²) in [5.74, 6) is 1.47. The van der Waals surface area contributed by atoms with Crippen LogP contribution in [0, 0.1) is 0 Å². The normalized spacial score (nSPS) is 14.0. The minimum absolute atomic E-state index is 0.123. The Morgan fingerprint density at radius 1 is 1.28 bits per heavy atom. The van der Waals surface area contributed by atoms with Crippen LogP contribution in [-0.4, -0.2) is 37.5 Å². The molecule has 1 atom stereocenters. The lowest BCUT2D eigenvalue weighted by atomic mass is 10.0. The second-order valence-electron chi connectivity index (χ2n) is 4.50. The fourth-order valence-electron chi connectivity index (χ4n) is 1.54. The quantitative estimate of drug-likeness (QED) is 0.694. The molecular weight excluding hydrogens is 230 g/mol. The van der Waals surface area contributed by atoms with Crippen molar-refractivity contribution >= 4 is 0 Å². The zero-order valence-corrected chi connectivity index (χ0v) is 11.4. The summed E-state index contributed by atoms with van der Waals surface area (Å²) in [7, 11) is 1.63. The van der Waals surface area contributed by atoms with Gasteiger partial charge in [-0.1, -0.05) is 19.1 Å². The molecule has 102 valence electrons. The first-order chi connectivity index (χ1) is 8.65. The monoisotopic (exact) mass is 253 g/mol. The molecule has 0 aliphatic heterocycles. The average Bonchev–Trinajstić information content (AvgIpc) is 2.43. The van der Waals surface area contributed by atoms with E-state index in [1.807, 2.05) is 38.1 Å². The van der Waals surface area contributed by atoms with Gasteiger partial charge in [-0.25, -0.2) is 0 Å². The SMILES string of the molecule is CCC(C)(CO)NCCOc1ccccc1OC. The van der Waals surface area contributed by atoms with Gasteiger partial charge in [0.1, 0.15) is 6.61 Å². The highest BCUT2D eigenvalue weighted by Gasteiger charge is 2.19. The van der Waals surface area contributed by atoms with Crippen molar-refractivity contribution in [3.05, 3.63) is 24.3 Å². The number of hydrogen-bond donors (Lipinski definition) is 2. The van der Waals surface area contributed by atoms with Crippen LogP contribution in [0.3, 0.4) is 0 Å². The Labute approximate surface area is 109 Å². The van der Waals surface area contributed by atoms with Gasteiger partial charge in [0.15, 0.2) is 11.5 Å². The van der Waals surface area contributed by atoms with Crippen molar-refractivity contribution < 1.29 is 14.6 Å². The second kappa shape index (κ2) is 7.24. The van der Waals surface area contributed by atoms with Crippen molar-refractivity contribution in [1.29, 1.82) is 0 Å². The smallest absolute Gasteiger partial charge is 0.161 e. The van der Waals surface area contributed by atoms with Crippen LogP contribution < -0.4 is 14.8 Å². The van der Waals surface area contributed by atoms with Gasteiger partial charge in [-0.3, -0.25) is 0 Å². The Balaban J connectivity index is 2.38.